The Labute approximate surface area is 93.2 Å². The summed E-state index contributed by atoms with van der Waals surface area (Å²) in [5.74, 6) is 0. The van der Waals surface area contributed by atoms with Gasteiger partial charge in [-0.3, -0.25) is 0 Å². The molecule has 1 unspecified atom stereocenters. The first-order valence-corrected chi connectivity index (χ1v) is 4.26. The highest BCUT2D eigenvalue weighted by Crippen LogP contribution is 2.26. The van der Waals surface area contributed by atoms with Gasteiger partial charge in [0.05, 0.1) is 0 Å². The quantitative estimate of drug-likeness (QED) is 0.599. The summed E-state index contributed by atoms with van der Waals surface area (Å²) < 4.78 is -0.917. The molecule has 0 amide bonds. The molecule has 70 valence electrons. The maximum absolute atomic E-state index is 10.4. The Balaban J connectivity index is 5.07. The zero-order valence-corrected chi connectivity index (χ0v) is 9.02. The highest BCUT2D eigenvalue weighted by atomic mass is 35.5. The Morgan fingerprint density at radius 3 is 1.50 bits per heavy atom. The second kappa shape index (κ2) is 5.52. The van der Waals surface area contributed by atoms with Crippen LogP contribution in [0.1, 0.15) is 0 Å². The fraction of sp³-hybridized carbons (Fsp3) is 0. The molecule has 0 saturated heterocycles. The Morgan fingerprint density at radius 1 is 1.00 bits per heavy atom. The predicted octanol–water partition coefficient (Wildman–Crippen LogP) is 2.29. The molecule has 0 aliphatic heterocycles. The molecule has 2 N–H and O–H groups in total. The molecule has 0 saturated carbocycles. The van der Waals surface area contributed by atoms with Gasteiger partial charge in [-0.25, -0.2) is 5.21 Å². The molecule has 0 fully saturated rings. The van der Waals surface area contributed by atoms with Crippen molar-refractivity contribution in [3.8, 4) is 0 Å². The fourth-order valence-electron chi connectivity index (χ4n) is 0.352. The third-order valence-electron chi connectivity index (χ3n) is 0.788. The molecule has 0 spiro atoms. The van der Waals surface area contributed by atoms with Gasteiger partial charge >= 0.3 is 0 Å². The van der Waals surface area contributed by atoms with Gasteiger partial charge in [0.15, 0.2) is 4.49 Å². The van der Waals surface area contributed by atoms with Gasteiger partial charge in [0.25, 0.3) is 0 Å². The van der Waals surface area contributed by atoms with E-state index in [4.69, 9.17) is 63.2 Å². The van der Waals surface area contributed by atoms with Crippen molar-refractivity contribution in [3.05, 3.63) is 24.9 Å². The summed E-state index contributed by atoms with van der Waals surface area (Å²) in [7, 11) is 0. The van der Waals surface area contributed by atoms with Gasteiger partial charge in [-0.1, -0.05) is 58.0 Å². The number of allylic oxidation sites excluding steroid dienone is 1. The third kappa shape index (κ3) is 3.68. The molecule has 0 radical (unpaired) electrons. The van der Waals surface area contributed by atoms with Crippen LogP contribution in [0.3, 0.4) is 0 Å². The summed E-state index contributed by atoms with van der Waals surface area (Å²) in [6.07, 6.45) is 0. The first-order chi connectivity index (χ1) is 5.37. The molecule has 0 aromatic carbocycles. The van der Waals surface area contributed by atoms with E-state index in [1.54, 1.807) is 0 Å². The molecule has 12 heavy (non-hydrogen) atoms. The average molecular weight is 273 g/mol. The van der Waals surface area contributed by atoms with Crippen LogP contribution in [0.4, 0.5) is 0 Å². The molecule has 0 bridgehead atoms. The largest absolute Gasteiger partial charge is 0.595 e. The average Bonchev–Trinajstić information content (AvgIpc) is 1.85. The van der Waals surface area contributed by atoms with Crippen molar-refractivity contribution < 1.29 is 10.4 Å². The van der Waals surface area contributed by atoms with Crippen LogP contribution in [0, 0.1) is 5.21 Å². The predicted molar refractivity (Wildman–Crippen MR) is 49.4 cm³/mol. The Bertz CT molecular complexity index is 228. The molecule has 0 aromatic rings. The normalized spacial score (nSPS) is 12.2. The van der Waals surface area contributed by atoms with Crippen LogP contribution in [0.25, 0.3) is 0 Å². The maximum atomic E-state index is 10.4. The molecular weight excluding hydrogens is 271 g/mol. The SMILES string of the molecule is [O-][NH+](O)C(=C(Cl)Cl)C(Cl)=C(Cl)Cl. The van der Waals surface area contributed by atoms with Crippen molar-refractivity contribution in [3.63, 3.8) is 0 Å². The lowest BCUT2D eigenvalue weighted by Gasteiger charge is -2.14. The van der Waals surface area contributed by atoms with Crippen LogP contribution < -0.4 is 5.23 Å². The van der Waals surface area contributed by atoms with E-state index in [9.17, 15) is 5.21 Å². The molecule has 0 aliphatic rings. The lowest BCUT2D eigenvalue weighted by molar-refractivity contribution is -1.01. The number of quaternary nitrogens is 1. The molecular formula is C4H2Cl5NO2. The number of hydroxylamine groups is 2. The lowest BCUT2D eigenvalue weighted by atomic mass is 10.5. The van der Waals surface area contributed by atoms with Crippen LogP contribution >= 0.6 is 58.0 Å². The number of halogens is 5. The maximum Gasteiger partial charge on any atom is 0.215 e. The van der Waals surface area contributed by atoms with Crippen LogP contribution in [-0.4, -0.2) is 5.21 Å². The van der Waals surface area contributed by atoms with Gasteiger partial charge < -0.3 is 5.21 Å². The summed E-state index contributed by atoms with van der Waals surface area (Å²) >= 11 is 26.2. The smallest absolute Gasteiger partial charge is 0.215 e. The molecule has 3 nitrogen and oxygen atoms in total. The van der Waals surface area contributed by atoms with Crippen molar-refractivity contribution >= 4 is 58.0 Å². The van der Waals surface area contributed by atoms with E-state index in [2.05, 4.69) is 0 Å². The molecule has 0 aromatic heterocycles. The number of nitrogens with one attached hydrogen (secondary N) is 1. The summed E-state index contributed by atoms with van der Waals surface area (Å²) in [5, 5.41) is 17.1. The highest BCUT2D eigenvalue weighted by Gasteiger charge is 2.18. The summed E-state index contributed by atoms with van der Waals surface area (Å²) in [6.45, 7) is 0. The zero-order valence-electron chi connectivity index (χ0n) is 5.25. The summed E-state index contributed by atoms with van der Waals surface area (Å²) in [6, 6.07) is 0. The lowest BCUT2D eigenvalue weighted by Crippen LogP contribution is -3.02. The van der Waals surface area contributed by atoms with E-state index in [1.165, 1.54) is 0 Å². The standard InChI is InChI=1S/C4H2Cl5NO2/c5-1(3(6)7)2(4(8)9)10(11)12/h10-11H. The van der Waals surface area contributed by atoms with Crippen LogP contribution in [0.2, 0.25) is 0 Å². The van der Waals surface area contributed by atoms with Gasteiger partial charge in [0.1, 0.15) is 9.52 Å². The van der Waals surface area contributed by atoms with Gasteiger partial charge in [-0.2, -0.15) is 5.23 Å². The van der Waals surface area contributed by atoms with Crippen LogP contribution in [0.15, 0.2) is 19.7 Å². The van der Waals surface area contributed by atoms with Gasteiger partial charge in [-0.15, -0.1) is 0 Å². The minimum atomic E-state index is -1.40. The second-order valence-electron chi connectivity index (χ2n) is 1.51. The number of hydrogen-bond donors (Lipinski definition) is 2. The first kappa shape index (κ1) is 12.8. The van der Waals surface area contributed by atoms with E-state index in [0.29, 0.717) is 0 Å². The summed E-state index contributed by atoms with van der Waals surface area (Å²) in [5.41, 5.74) is -0.528. The van der Waals surface area contributed by atoms with Gasteiger partial charge in [0, 0.05) is 0 Å². The fourth-order valence-corrected chi connectivity index (χ4v) is 1.16. The topological polar surface area (TPSA) is 47.7 Å². The first-order valence-electron chi connectivity index (χ1n) is 2.37. The third-order valence-corrected chi connectivity index (χ3v) is 2.12. The number of rotatable bonds is 2. The minimum absolute atomic E-state index is 0.397. The van der Waals surface area contributed by atoms with E-state index in [1.807, 2.05) is 0 Å². The molecule has 8 heteroatoms. The van der Waals surface area contributed by atoms with E-state index < -0.39 is 24.9 Å². The van der Waals surface area contributed by atoms with Crippen molar-refractivity contribution in [2.45, 2.75) is 0 Å². The molecule has 0 aliphatic carbocycles. The molecule has 1 atom stereocenters. The van der Waals surface area contributed by atoms with Gasteiger partial charge in [-0.05, 0) is 0 Å². The van der Waals surface area contributed by atoms with E-state index in [-0.39, 0.29) is 0 Å². The zero-order chi connectivity index (χ0) is 9.89. The monoisotopic (exact) mass is 271 g/mol. The Morgan fingerprint density at radius 2 is 1.42 bits per heavy atom. The van der Waals surface area contributed by atoms with Crippen molar-refractivity contribution in [1.29, 1.82) is 0 Å². The molecule has 0 heterocycles. The van der Waals surface area contributed by atoms with E-state index in [0.717, 1.165) is 0 Å². The van der Waals surface area contributed by atoms with Crippen LogP contribution in [0.5, 0.6) is 0 Å². The highest BCUT2D eigenvalue weighted by molar-refractivity contribution is 6.61. The van der Waals surface area contributed by atoms with Crippen LogP contribution in [-0.2, 0) is 0 Å². The summed E-state index contributed by atoms with van der Waals surface area (Å²) in [4.78, 5) is 0. The molecule has 0 rings (SSSR count). The Hall–Kier alpha value is 0.810. The number of hydrogen-bond acceptors (Lipinski definition) is 2. The Kier molecular flexibility index (Phi) is 5.89. The van der Waals surface area contributed by atoms with Crippen molar-refractivity contribution in [2.75, 3.05) is 0 Å². The minimum Gasteiger partial charge on any atom is -0.595 e. The van der Waals surface area contributed by atoms with E-state index >= 15 is 0 Å². The van der Waals surface area contributed by atoms with Crippen molar-refractivity contribution in [1.82, 2.24) is 0 Å². The van der Waals surface area contributed by atoms with Crippen molar-refractivity contribution in [2.24, 2.45) is 0 Å². The van der Waals surface area contributed by atoms with Gasteiger partial charge in [0.2, 0.25) is 5.70 Å². The second-order valence-corrected chi connectivity index (χ2v) is 3.79.